The summed E-state index contributed by atoms with van der Waals surface area (Å²) in [6, 6.07) is 10.4. The number of fused-ring (bicyclic) bond motifs is 1. The first-order valence-electron chi connectivity index (χ1n) is 12.7. The highest BCUT2D eigenvalue weighted by molar-refractivity contribution is 7.84. The van der Waals surface area contributed by atoms with Crippen molar-refractivity contribution >= 4 is 44.1 Å². The summed E-state index contributed by atoms with van der Waals surface area (Å²) in [6.07, 6.45) is 7.44. The summed E-state index contributed by atoms with van der Waals surface area (Å²) in [7, 11) is 0.168. The van der Waals surface area contributed by atoms with Crippen LogP contribution in [0.15, 0.2) is 54.4 Å². The third kappa shape index (κ3) is 6.71. The Labute approximate surface area is 232 Å². The molecule has 0 amide bonds. The Hall–Kier alpha value is -3.16. The second-order valence-electron chi connectivity index (χ2n) is 10.3. The maximum Gasteiger partial charge on any atom is 0.333 e. The van der Waals surface area contributed by atoms with E-state index in [9.17, 15) is 13.2 Å². The van der Waals surface area contributed by atoms with Crippen LogP contribution in [-0.2, 0) is 27.6 Å². The largest absolute Gasteiger partial charge is 0.367 e. The Kier molecular flexibility index (Phi) is 8.10. The molecule has 39 heavy (non-hydrogen) atoms. The molecule has 1 saturated carbocycles. The Morgan fingerprint density at radius 3 is 2.90 bits per heavy atom. The van der Waals surface area contributed by atoms with Crippen LogP contribution in [0.25, 0.3) is 10.9 Å². The molecule has 0 saturated heterocycles. The lowest BCUT2D eigenvalue weighted by Gasteiger charge is -2.15. The molecular formula is C27H32N6O4S2. The average Bonchev–Trinajstić information content (AvgIpc) is 3.62. The molecule has 3 N–H and O–H groups in total. The van der Waals surface area contributed by atoms with E-state index in [1.54, 1.807) is 6.20 Å². The second-order valence-corrected chi connectivity index (χ2v) is 12.4. The molecule has 4 aromatic rings. The minimum atomic E-state index is -3.96. The fourth-order valence-electron chi connectivity index (χ4n) is 5.18. The first-order chi connectivity index (χ1) is 18.7. The van der Waals surface area contributed by atoms with Gasteiger partial charge in [-0.3, -0.25) is 8.98 Å². The molecule has 1 fully saturated rings. The van der Waals surface area contributed by atoms with Crippen LogP contribution < -0.4 is 10.5 Å². The molecule has 2 atom stereocenters. The van der Waals surface area contributed by atoms with Gasteiger partial charge in [0.25, 0.3) is 0 Å². The van der Waals surface area contributed by atoms with E-state index in [0.717, 1.165) is 24.9 Å². The SMILES string of the molecule is CN(C)Cc1cn(Cc2csc(C(=O)c3cncnc3NC3CC[C@@H](COS(N)(=O)=O)C3)c2)c2ccccc12. The van der Waals surface area contributed by atoms with E-state index in [2.05, 4.69) is 63.2 Å². The van der Waals surface area contributed by atoms with E-state index < -0.39 is 10.3 Å². The molecule has 0 radical (unpaired) electrons. The average molecular weight is 569 g/mol. The minimum Gasteiger partial charge on any atom is -0.367 e. The van der Waals surface area contributed by atoms with Gasteiger partial charge in [0.1, 0.15) is 12.1 Å². The van der Waals surface area contributed by atoms with Crippen molar-refractivity contribution in [2.45, 2.75) is 38.4 Å². The van der Waals surface area contributed by atoms with Crippen LogP contribution in [0.4, 0.5) is 5.82 Å². The lowest BCUT2D eigenvalue weighted by molar-refractivity contribution is 0.104. The summed E-state index contributed by atoms with van der Waals surface area (Å²) in [5, 5.41) is 11.6. The van der Waals surface area contributed by atoms with Gasteiger partial charge in [0.05, 0.1) is 17.0 Å². The monoisotopic (exact) mass is 568 g/mol. The fourth-order valence-corrected chi connectivity index (χ4v) is 6.42. The Morgan fingerprint density at radius 1 is 1.28 bits per heavy atom. The number of benzene rings is 1. The maximum absolute atomic E-state index is 13.5. The van der Waals surface area contributed by atoms with Gasteiger partial charge in [0.15, 0.2) is 0 Å². The van der Waals surface area contributed by atoms with Gasteiger partial charge in [-0.2, -0.15) is 8.42 Å². The van der Waals surface area contributed by atoms with Gasteiger partial charge in [-0.25, -0.2) is 15.1 Å². The molecule has 0 spiro atoms. The standard InChI is InChI=1S/C27H32N6O4S2/c1-32(2)13-20-14-33(24-6-4-3-5-22(20)24)12-19-10-25(38-16-19)26(34)23-11-29-17-30-27(23)31-21-8-7-18(9-21)15-37-39(28,35)36/h3-6,10-11,14,16-18,21H,7-9,12-13,15H2,1-2H3,(H2,28,35,36)(H,29,30,31)/t18-,21?/m1/s1. The van der Waals surface area contributed by atoms with E-state index in [1.807, 2.05) is 17.5 Å². The zero-order chi connectivity index (χ0) is 27.6. The quantitative estimate of drug-likeness (QED) is 0.262. The number of nitrogens with one attached hydrogen (secondary N) is 1. The number of anilines is 1. The van der Waals surface area contributed by atoms with Crippen LogP contribution in [-0.4, -0.2) is 60.4 Å². The zero-order valence-corrected chi connectivity index (χ0v) is 23.5. The van der Waals surface area contributed by atoms with Gasteiger partial charge in [0.2, 0.25) is 5.78 Å². The summed E-state index contributed by atoms with van der Waals surface area (Å²) < 4.78 is 29.2. The molecular weight excluding hydrogens is 536 g/mol. The topological polar surface area (TPSA) is 132 Å². The van der Waals surface area contributed by atoms with Crippen LogP contribution >= 0.6 is 11.3 Å². The van der Waals surface area contributed by atoms with Crippen molar-refractivity contribution < 1.29 is 17.4 Å². The Bertz CT molecular complexity index is 1580. The van der Waals surface area contributed by atoms with Crippen molar-refractivity contribution in [2.24, 2.45) is 11.1 Å². The number of aromatic nitrogens is 3. The zero-order valence-electron chi connectivity index (χ0n) is 21.9. The van der Waals surface area contributed by atoms with Crippen LogP contribution in [0.3, 0.4) is 0 Å². The second kappa shape index (κ2) is 11.5. The van der Waals surface area contributed by atoms with Crippen LogP contribution in [0.1, 0.15) is 45.6 Å². The van der Waals surface area contributed by atoms with E-state index in [1.165, 1.54) is 34.1 Å². The molecule has 3 aromatic heterocycles. The van der Waals surface area contributed by atoms with E-state index >= 15 is 0 Å². The van der Waals surface area contributed by atoms with E-state index in [-0.39, 0.29) is 24.3 Å². The van der Waals surface area contributed by atoms with Crippen molar-refractivity contribution in [2.75, 3.05) is 26.0 Å². The number of thiophene rings is 1. The lowest BCUT2D eigenvalue weighted by Crippen LogP contribution is -2.22. The number of ketones is 1. The van der Waals surface area contributed by atoms with Gasteiger partial charge in [-0.1, -0.05) is 18.2 Å². The summed E-state index contributed by atoms with van der Waals surface area (Å²) in [5.41, 5.74) is 3.90. The van der Waals surface area contributed by atoms with Crippen molar-refractivity contribution in [1.29, 1.82) is 0 Å². The highest BCUT2D eigenvalue weighted by atomic mass is 32.2. The van der Waals surface area contributed by atoms with Crippen LogP contribution in [0, 0.1) is 5.92 Å². The predicted octanol–water partition coefficient (Wildman–Crippen LogP) is 3.63. The smallest absolute Gasteiger partial charge is 0.333 e. The number of para-hydroxylation sites is 1. The van der Waals surface area contributed by atoms with Crippen molar-refractivity contribution in [3.8, 4) is 0 Å². The number of rotatable bonds is 11. The molecule has 5 rings (SSSR count). The molecule has 0 bridgehead atoms. The van der Waals surface area contributed by atoms with Crippen LogP contribution in [0.2, 0.25) is 0 Å². The molecule has 3 heterocycles. The van der Waals surface area contributed by atoms with Gasteiger partial charge in [0, 0.05) is 42.4 Å². The fraction of sp³-hybridized carbons (Fsp3) is 0.370. The van der Waals surface area contributed by atoms with Gasteiger partial charge >= 0.3 is 10.3 Å². The van der Waals surface area contributed by atoms with Gasteiger partial charge in [-0.05, 0) is 67.9 Å². The Morgan fingerprint density at radius 2 is 2.10 bits per heavy atom. The summed E-state index contributed by atoms with van der Waals surface area (Å²) >= 11 is 1.42. The molecule has 206 valence electrons. The molecule has 1 unspecified atom stereocenters. The summed E-state index contributed by atoms with van der Waals surface area (Å²) in [6.45, 7) is 1.57. The van der Waals surface area contributed by atoms with Crippen LogP contribution in [0.5, 0.6) is 0 Å². The first kappa shape index (κ1) is 27.4. The number of carbonyl (C=O) groups excluding carboxylic acids is 1. The highest BCUT2D eigenvalue weighted by Gasteiger charge is 2.28. The first-order valence-corrected chi connectivity index (χ1v) is 15.1. The number of hydrogen-bond donors (Lipinski definition) is 2. The molecule has 1 aromatic carbocycles. The Balaban J connectivity index is 1.29. The molecule has 1 aliphatic rings. The number of nitrogens with two attached hydrogens (primary N) is 1. The van der Waals surface area contributed by atoms with E-state index in [0.29, 0.717) is 29.2 Å². The van der Waals surface area contributed by atoms with Gasteiger partial charge in [-0.15, -0.1) is 11.3 Å². The van der Waals surface area contributed by atoms with E-state index in [4.69, 9.17) is 9.32 Å². The number of nitrogens with zero attached hydrogens (tertiary/aromatic N) is 4. The maximum atomic E-state index is 13.5. The molecule has 0 aliphatic heterocycles. The summed E-state index contributed by atoms with van der Waals surface area (Å²) in [5.74, 6) is 0.407. The third-order valence-corrected chi connectivity index (χ3v) is 8.34. The van der Waals surface area contributed by atoms with Crippen molar-refractivity contribution in [3.05, 3.63) is 76.0 Å². The predicted molar refractivity (Wildman–Crippen MR) is 152 cm³/mol. The highest BCUT2D eigenvalue weighted by Crippen LogP contribution is 2.30. The molecule has 1 aliphatic carbocycles. The molecule has 10 nitrogen and oxygen atoms in total. The van der Waals surface area contributed by atoms with Crippen molar-refractivity contribution in [3.63, 3.8) is 0 Å². The minimum absolute atomic E-state index is 0.0396. The normalized spacial score (nSPS) is 17.7. The lowest BCUT2D eigenvalue weighted by atomic mass is 10.1. The third-order valence-electron chi connectivity index (χ3n) is 6.90. The van der Waals surface area contributed by atoms with Crippen molar-refractivity contribution in [1.82, 2.24) is 19.4 Å². The molecule has 12 heteroatoms. The summed E-state index contributed by atoms with van der Waals surface area (Å²) in [4.78, 5) is 24.7. The van der Waals surface area contributed by atoms with Gasteiger partial charge < -0.3 is 14.8 Å². The number of carbonyl (C=O) groups is 1. The number of hydrogen-bond acceptors (Lipinski definition) is 9.